The van der Waals surface area contributed by atoms with Gasteiger partial charge >= 0.3 is 102 Å². The summed E-state index contributed by atoms with van der Waals surface area (Å²) in [5.41, 5.74) is 28.9. The number of hydroxylamine groups is 12. The van der Waals surface area contributed by atoms with Gasteiger partial charge in [0.15, 0.2) is 29.1 Å². The molecule has 126 heavy (non-hydrogen) atoms. The molecule has 12 aliphatic heterocycles. The Morgan fingerprint density at radius 2 is 0.675 bits per heavy atom. The molecule has 0 unspecified atom stereocenters. The van der Waals surface area contributed by atoms with Crippen LogP contribution in [0.4, 0.5) is 58.8 Å². The lowest BCUT2D eigenvalue weighted by atomic mass is 10.0. The summed E-state index contributed by atoms with van der Waals surface area (Å²) in [6, 6.07) is 13.3. The average Bonchev–Trinajstić information content (AvgIpc) is 1.64. The van der Waals surface area contributed by atoms with E-state index >= 15 is 0 Å². The zero-order valence-electron chi connectivity index (χ0n) is 64.3. The number of halogens is 3. The first-order valence-corrected chi connectivity index (χ1v) is 42.7. The molecule has 16 N–H and O–H groups in total. The van der Waals surface area contributed by atoms with Crippen molar-refractivity contribution in [2.45, 2.75) is 178 Å². The fourth-order valence-electron chi connectivity index (χ4n) is 15.7. The van der Waals surface area contributed by atoms with Crippen LogP contribution >= 0.6 is 34.4 Å². The van der Waals surface area contributed by atoms with E-state index in [1.807, 2.05) is 60.7 Å². The van der Waals surface area contributed by atoms with Crippen molar-refractivity contribution in [1.82, 2.24) is 110 Å². The molecule has 12 bridgehead atoms. The molecule has 0 radical (unpaired) electrons. The Kier molecular flexibility index (Phi) is 30.6. The van der Waals surface area contributed by atoms with Crippen molar-refractivity contribution in [2.75, 3.05) is 67.9 Å². The number of nitrogens with two attached hydrogens (primary N) is 6. The van der Waals surface area contributed by atoms with Crippen LogP contribution in [0, 0.1) is 0 Å². The van der Waals surface area contributed by atoms with Gasteiger partial charge in [-0.3, -0.25) is 24.0 Å². The summed E-state index contributed by atoms with van der Waals surface area (Å²) < 4.78 is 123. The smallest absolute Gasteiger partial charge is 0.411 e. The molecule has 0 saturated carbocycles. The normalized spacial score (nSPS) is 24.9. The van der Waals surface area contributed by atoms with Crippen LogP contribution in [0.5, 0.6) is 0 Å². The van der Waals surface area contributed by atoms with Crippen molar-refractivity contribution in [3.63, 3.8) is 0 Å². The Morgan fingerprint density at radius 3 is 0.968 bits per heavy atom. The summed E-state index contributed by atoms with van der Waals surface area (Å²) in [6.45, 7) is 3.23. The molecule has 17 heterocycles. The highest BCUT2D eigenvalue weighted by molar-refractivity contribution is 7.81. The second-order valence-electron chi connectivity index (χ2n) is 28.7. The van der Waals surface area contributed by atoms with E-state index in [0.29, 0.717) is 99.6 Å². The van der Waals surface area contributed by atoms with Crippen molar-refractivity contribution >= 4 is 143 Å². The van der Waals surface area contributed by atoms with Crippen LogP contribution in [0.1, 0.15) is 162 Å². The highest BCUT2D eigenvalue weighted by Gasteiger charge is 2.54. The van der Waals surface area contributed by atoms with Gasteiger partial charge in [0.25, 0.3) is 0 Å². The molecule has 12 fully saturated rings. The number of anilines is 5. The fourth-order valence-corrected chi connectivity index (χ4v) is 16.9. The predicted octanol–water partition coefficient (Wildman–Crippen LogP) is 3.83. The van der Waals surface area contributed by atoms with E-state index in [4.69, 9.17) is 91.6 Å². The minimum absolute atomic E-state index is 0. The number of aromatic nitrogens is 10. The van der Waals surface area contributed by atoms with Crippen LogP contribution in [0.3, 0.4) is 0 Å². The second kappa shape index (κ2) is 40.5. The molecule has 19 rings (SSSR count). The van der Waals surface area contributed by atoms with Gasteiger partial charge in [0.2, 0.25) is 0 Å². The maximum Gasteiger partial charge on any atom is 0.450 e. The highest BCUT2D eigenvalue weighted by Crippen LogP contribution is 2.43. The van der Waals surface area contributed by atoms with Crippen LogP contribution < -0.4 is 34.6 Å². The SMILES string of the molecule is C.C.ClB(Cl)Cl.NOS(=O)(=O)ON1C(=O)N2C[C@H]1CC[C@H]2c1noc(N)n1.Nc1nc([C@@H]2CC[C@@H]3CN2C(=O)N3O)no1.Nc1nc([C@@H]2CC[C@@H]3CN2C(=O)N3OCc2ccccc2)no1.Nc1nc([C@@H]2CC[C@@H]3CN2C(=O)N3OS(=O)(=O)O)no1.Nc1nc([C@@H]2CC[C@@H]3CN2C(=O)N3OS(=O)(=O)O)no1.O=C1N2C[C@@H](CC[C@H]2/C=N/O)N1OCc1ccccc1. The molecule has 688 valence electrons. The Morgan fingerprint density at radius 1 is 0.413 bits per heavy atom. The number of piperidine rings is 6. The predicted molar refractivity (Wildman–Crippen MR) is 425 cm³/mol. The third kappa shape index (κ3) is 22.3. The van der Waals surface area contributed by atoms with E-state index in [1.165, 1.54) is 31.0 Å². The van der Waals surface area contributed by atoms with Crippen LogP contribution in [-0.4, -0.2) is 284 Å². The van der Waals surface area contributed by atoms with Crippen molar-refractivity contribution in [3.8, 4) is 0 Å². The maximum absolute atomic E-state index is 12.6. The number of fused-ring (bicyclic) bond motifs is 12. The Bertz CT molecular complexity index is 5200. The number of nitrogens with zero attached hydrogens (tertiary/aromatic N) is 23. The molecule has 0 spiro atoms. The Labute approximate surface area is 730 Å². The molecule has 0 aliphatic carbocycles. The third-order valence-electron chi connectivity index (χ3n) is 21.1. The first kappa shape index (κ1) is 95.3. The minimum atomic E-state index is -4.75. The number of hydrogen-bond donors (Lipinski definition) is 10. The van der Waals surface area contributed by atoms with E-state index in [0.717, 1.165) is 53.4 Å². The molecule has 12 aliphatic rings. The number of amides is 12. The number of hydrogen-bond acceptors (Lipinski definition) is 42. The first-order chi connectivity index (χ1) is 59.0. The van der Waals surface area contributed by atoms with Gasteiger partial charge in [-0.25, -0.2) is 33.8 Å². The number of nitrogen functional groups attached to an aromatic ring is 5. The van der Waals surface area contributed by atoms with Crippen molar-refractivity contribution in [3.05, 3.63) is 101 Å². The lowest BCUT2D eigenvalue weighted by Gasteiger charge is -2.27. The molecule has 56 nitrogen and oxygen atoms in total. The van der Waals surface area contributed by atoms with Gasteiger partial charge in [0.1, 0.15) is 13.2 Å². The van der Waals surface area contributed by atoms with Crippen molar-refractivity contribution < 1.29 is 123 Å². The molecule has 7 aromatic rings. The fraction of sp³-hybridized carbons (Fsp3) is 0.540. The topological polar surface area (TPSA) is 743 Å². The summed E-state index contributed by atoms with van der Waals surface area (Å²) in [7, 11) is -14.0. The van der Waals surface area contributed by atoms with E-state index in [9.17, 15) is 59.2 Å². The average molecular weight is 1900 g/mol. The lowest BCUT2D eigenvalue weighted by Crippen LogP contribution is -2.40. The molecule has 12 saturated heterocycles. The molecule has 5 aromatic heterocycles. The number of carbonyl (C=O) groups is 6. The van der Waals surface area contributed by atoms with E-state index in [-0.39, 0.29) is 130 Å². The zero-order chi connectivity index (χ0) is 88.8. The van der Waals surface area contributed by atoms with E-state index < -0.39 is 96.5 Å². The van der Waals surface area contributed by atoms with Gasteiger partial charge in [-0.1, -0.05) is 106 Å². The van der Waals surface area contributed by atoms with Gasteiger partial charge < -0.3 is 85.9 Å². The van der Waals surface area contributed by atoms with E-state index in [1.54, 1.807) is 14.7 Å². The van der Waals surface area contributed by atoms with Crippen LogP contribution in [0.15, 0.2) is 88.4 Å². The van der Waals surface area contributed by atoms with E-state index in [2.05, 4.69) is 97.0 Å². The molecule has 12 atom stereocenters. The largest absolute Gasteiger partial charge is 0.450 e. The number of benzene rings is 2. The molecular weight excluding hydrogens is 1810 g/mol. The van der Waals surface area contributed by atoms with Gasteiger partial charge in [0, 0.05) is 39.3 Å². The summed E-state index contributed by atoms with van der Waals surface area (Å²) in [4.78, 5) is 112. The summed E-state index contributed by atoms with van der Waals surface area (Å²) in [5.74, 6) is 6.21. The third-order valence-corrected chi connectivity index (χ3v) is 22.4. The Balaban J connectivity index is 0.000000145. The molecule has 63 heteroatoms. The van der Waals surface area contributed by atoms with Crippen molar-refractivity contribution in [1.29, 1.82) is 0 Å². The van der Waals surface area contributed by atoms with Crippen LogP contribution in [0.2, 0.25) is 0 Å². The summed E-state index contributed by atoms with van der Waals surface area (Å²) in [5, 5.41) is 45.5. The quantitative estimate of drug-likeness (QED) is 0.0137. The monoisotopic (exact) mass is 1890 g/mol. The van der Waals surface area contributed by atoms with Crippen LogP contribution in [0.25, 0.3) is 0 Å². The highest BCUT2D eigenvalue weighted by atomic mass is 35.6. The summed E-state index contributed by atoms with van der Waals surface area (Å²) in [6.07, 6.45) is 9.02. The number of oxime groups is 1. The minimum Gasteiger partial charge on any atom is -0.411 e. The Hall–Kier alpha value is -11.4. The number of carbonyl (C=O) groups excluding carboxylic acids is 6. The maximum atomic E-state index is 12.6. The molecular formula is C63H87BCl3N29O27S3. The zero-order valence-corrected chi connectivity index (χ0v) is 69.0. The molecule has 12 amide bonds. The number of rotatable bonds is 19. The van der Waals surface area contributed by atoms with Crippen molar-refractivity contribution in [2.24, 2.45) is 11.1 Å². The first-order valence-electron chi connectivity index (χ1n) is 37.4. The second-order valence-corrected chi connectivity index (χ2v) is 33.8. The lowest BCUT2D eigenvalue weighted by molar-refractivity contribution is -0.140. The van der Waals surface area contributed by atoms with Gasteiger partial charge in [0.05, 0.1) is 78.7 Å². The van der Waals surface area contributed by atoms with Gasteiger partial charge in [-0.2, -0.15) is 120 Å². The van der Waals surface area contributed by atoms with Gasteiger partial charge in [-0.15, -0.1) is 12.9 Å². The molecule has 2 aromatic carbocycles. The van der Waals surface area contributed by atoms with Crippen LogP contribution in [-0.2, 0) is 71.2 Å². The van der Waals surface area contributed by atoms with Gasteiger partial charge in [-0.05, 0) is 88.2 Å². The summed E-state index contributed by atoms with van der Waals surface area (Å²) >= 11 is 14.4. The standard InChI is InChI=1S/C15H17N5O3.C14H17N3O3.C8H12N6O6S.2C8H11N5O6S.C8H11N5O3.2CH4.BCl3/c16-14-17-13(18-23-14)12-7-6-11-8-19(12)15(21)20(11)22-9-10-4-2-1-3-5-10;18-14-16-9-13(7-6-12(16)8-15-19)17(14)20-10-11-4-2-1-3-5-11;9-7-11-6(12-18-7)5-2-1-4-3-13(5)8(15)14(4)20-21(16,17)19-10;2*9-7-10-6(11-18-7)5-2-1-4-3-12(5)8(14)13(4)19-20(15,16)17;9-7-10-6(11-16-7)5-2-1-4-3-12(5)8(14)13(4)15;;;2-1(3)4/h1-5,11-12H,6-9H2,(H2,16,17,18);1-5,8,12-13,19H,6-7,9-10H2;4-5H,1-3,10H2,(H2,9,11,12);2*4-5H,1-3H2,(H2,9,10,11)(H,15,16,17);4-5,15H,1-3H2,(H2,9,10,11);2*1H4;/b;15-8+;;;;;;;/t11-,12+;12-,13+;4*4-,5+;;;/m101111.../s1. The number of urea groups is 6.